The van der Waals surface area contributed by atoms with Gasteiger partial charge in [-0.2, -0.15) is 0 Å². The van der Waals surface area contributed by atoms with Gasteiger partial charge in [-0.3, -0.25) is 9.59 Å². The van der Waals surface area contributed by atoms with Crippen molar-refractivity contribution in [3.63, 3.8) is 0 Å². The van der Waals surface area contributed by atoms with Crippen LogP contribution in [0.5, 0.6) is 0 Å². The van der Waals surface area contributed by atoms with Crippen molar-refractivity contribution < 1.29 is 14.7 Å². The van der Waals surface area contributed by atoms with Gasteiger partial charge in [0.25, 0.3) is 0 Å². The SMILES string of the molecule is O=C(O)[C@@H]1CN(C(=O)C23CC4CC(CC(C4)C2)C3)C[C@@H]1c1ccccc1. The summed E-state index contributed by atoms with van der Waals surface area (Å²) >= 11 is 0. The van der Waals surface area contributed by atoms with Gasteiger partial charge < -0.3 is 10.0 Å². The number of rotatable bonds is 3. The summed E-state index contributed by atoms with van der Waals surface area (Å²) < 4.78 is 0. The van der Waals surface area contributed by atoms with E-state index in [1.54, 1.807) is 0 Å². The lowest BCUT2D eigenvalue weighted by Gasteiger charge is -2.56. The topological polar surface area (TPSA) is 57.6 Å². The largest absolute Gasteiger partial charge is 0.481 e. The molecule has 4 saturated carbocycles. The summed E-state index contributed by atoms with van der Waals surface area (Å²) in [5, 5.41) is 9.74. The smallest absolute Gasteiger partial charge is 0.308 e. The van der Waals surface area contributed by atoms with Crippen LogP contribution in [0.15, 0.2) is 30.3 Å². The zero-order valence-corrected chi connectivity index (χ0v) is 15.1. The Bertz CT molecular complexity index is 693. The molecule has 4 heteroatoms. The van der Waals surface area contributed by atoms with Gasteiger partial charge in [0.2, 0.25) is 5.91 Å². The van der Waals surface area contributed by atoms with Crippen LogP contribution in [0, 0.1) is 29.1 Å². The summed E-state index contributed by atoms with van der Waals surface area (Å²) in [6.07, 6.45) is 7.08. The van der Waals surface area contributed by atoms with Crippen molar-refractivity contribution in [3.8, 4) is 0 Å². The minimum atomic E-state index is -0.778. The molecule has 0 spiro atoms. The van der Waals surface area contributed by atoms with E-state index in [0.29, 0.717) is 13.1 Å². The van der Waals surface area contributed by atoms with Crippen LogP contribution in [0.25, 0.3) is 0 Å². The van der Waals surface area contributed by atoms with E-state index < -0.39 is 11.9 Å². The second-order valence-corrected chi connectivity index (χ2v) is 9.37. The Hall–Kier alpha value is -1.84. The molecule has 0 radical (unpaired) electrons. The van der Waals surface area contributed by atoms with E-state index in [-0.39, 0.29) is 17.2 Å². The number of hydrogen-bond donors (Lipinski definition) is 1. The van der Waals surface area contributed by atoms with Crippen molar-refractivity contribution >= 4 is 11.9 Å². The Morgan fingerprint density at radius 3 is 2.04 bits per heavy atom. The van der Waals surface area contributed by atoms with Gasteiger partial charge in [-0.05, 0) is 61.8 Å². The normalized spacial score (nSPS) is 40.8. The maximum atomic E-state index is 13.6. The van der Waals surface area contributed by atoms with Gasteiger partial charge in [0.15, 0.2) is 0 Å². The molecule has 1 heterocycles. The molecule has 0 aromatic heterocycles. The van der Waals surface area contributed by atoms with Crippen molar-refractivity contribution in [1.29, 1.82) is 0 Å². The maximum Gasteiger partial charge on any atom is 0.308 e. The molecule has 1 N–H and O–H groups in total. The van der Waals surface area contributed by atoms with E-state index in [4.69, 9.17) is 0 Å². The highest BCUT2D eigenvalue weighted by atomic mass is 16.4. The van der Waals surface area contributed by atoms with Crippen LogP contribution in [-0.2, 0) is 9.59 Å². The molecule has 6 rings (SSSR count). The van der Waals surface area contributed by atoms with Crippen molar-refractivity contribution in [2.45, 2.75) is 44.4 Å². The molecule has 1 amide bonds. The molecule has 1 saturated heterocycles. The molecule has 26 heavy (non-hydrogen) atoms. The molecule has 1 aliphatic heterocycles. The molecule has 4 bridgehead atoms. The highest BCUT2D eigenvalue weighted by Gasteiger charge is 2.56. The first kappa shape index (κ1) is 16.3. The Labute approximate surface area is 154 Å². The van der Waals surface area contributed by atoms with Crippen LogP contribution >= 0.6 is 0 Å². The number of nitrogens with zero attached hydrogens (tertiary/aromatic N) is 1. The quantitative estimate of drug-likeness (QED) is 0.904. The third-order valence-electron chi connectivity index (χ3n) is 7.64. The van der Waals surface area contributed by atoms with E-state index in [1.165, 1.54) is 19.3 Å². The van der Waals surface area contributed by atoms with E-state index >= 15 is 0 Å². The standard InChI is InChI=1S/C22H27NO3/c24-20(25)19-13-23(12-18(19)17-4-2-1-3-5-17)21(26)22-9-14-6-15(10-22)8-16(7-14)11-22/h1-5,14-16,18-19H,6-13H2,(H,24,25)/t14?,15?,16?,18-,19-,22?/m1/s1. The van der Waals surface area contributed by atoms with E-state index in [2.05, 4.69) is 0 Å². The molecule has 4 aliphatic carbocycles. The van der Waals surface area contributed by atoms with Crippen molar-refractivity contribution in [1.82, 2.24) is 4.90 Å². The first-order valence-corrected chi connectivity index (χ1v) is 10.1. The summed E-state index contributed by atoms with van der Waals surface area (Å²) in [6.45, 7) is 0.928. The zero-order chi connectivity index (χ0) is 17.9. The summed E-state index contributed by atoms with van der Waals surface area (Å²) in [5.41, 5.74) is 0.865. The molecular formula is C22H27NO3. The molecule has 138 valence electrons. The summed E-state index contributed by atoms with van der Waals surface area (Å²) in [7, 11) is 0. The number of carbonyl (C=O) groups excluding carboxylic acids is 1. The second kappa shape index (κ2) is 5.83. The number of amides is 1. The predicted octanol–water partition coefficient (Wildman–Crippen LogP) is 3.53. The molecule has 5 aliphatic rings. The molecule has 4 nitrogen and oxygen atoms in total. The van der Waals surface area contributed by atoms with Crippen LogP contribution in [0.4, 0.5) is 0 Å². The van der Waals surface area contributed by atoms with E-state index in [9.17, 15) is 14.7 Å². The fourth-order valence-corrected chi connectivity index (χ4v) is 6.97. The number of carbonyl (C=O) groups is 2. The highest BCUT2D eigenvalue weighted by molar-refractivity contribution is 5.85. The van der Waals surface area contributed by atoms with Gasteiger partial charge in [0, 0.05) is 19.0 Å². The highest BCUT2D eigenvalue weighted by Crippen LogP contribution is 2.60. The minimum absolute atomic E-state index is 0.0911. The van der Waals surface area contributed by atoms with Gasteiger partial charge in [0.05, 0.1) is 11.3 Å². The monoisotopic (exact) mass is 353 g/mol. The van der Waals surface area contributed by atoms with Crippen LogP contribution in [0.2, 0.25) is 0 Å². The number of carboxylic acid groups (broad SMARTS) is 1. The Balaban J connectivity index is 1.40. The minimum Gasteiger partial charge on any atom is -0.481 e. The number of hydrogen-bond acceptors (Lipinski definition) is 2. The molecule has 1 aromatic carbocycles. The summed E-state index contributed by atoms with van der Waals surface area (Å²) in [4.78, 5) is 27.3. The lowest BCUT2D eigenvalue weighted by molar-refractivity contribution is -0.157. The maximum absolute atomic E-state index is 13.6. The molecule has 5 fully saturated rings. The third-order valence-corrected chi connectivity index (χ3v) is 7.64. The second-order valence-electron chi connectivity index (χ2n) is 9.37. The van der Waals surface area contributed by atoms with Crippen molar-refractivity contribution in [2.75, 3.05) is 13.1 Å². The average Bonchev–Trinajstić information content (AvgIpc) is 3.06. The van der Waals surface area contributed by atoms with Crippen LogP contribution in [-0.4, -0.2) is 35.0 Å². The number of aliphatic carboxylic acids is 1. The Morgan fingerprint density at radius 2 is 1.50 bits per heavy atom. The number of benzene rings is 1. The molecule has 0 unspecified atom stereocenters. The van der Waals surface area contributed by atoms with E-state index in [0.717, 1.165) is 42.6 Å². The molecular weight excluding hydrogens is 326 g/mol. The van der Waals surface area contributed by atoms with Crippen LogP contribution < -0.4 is 0 Å². The van der Waals surface area contributed by atoms with Gasteiger partial charge in [-0.15, -0.1) is 0 Å². The fraction of sp³-hybridized carbons (Fsp3) is 0.636. The number of carboxylic acids is 1. The lowest BCUT2D eigenvalue weighted by Crippen LogP contribution is -2.54. The molecule has 2 atom stereocenters. The first-order chi connectivity index (χ1) is 12.5. The Kier molecular flexibility index (Phi) is 3.67. The Morgan fingerprint density at radius 1 is 0.923 bits per heavy atom. The lowest BCUT2D eigenvalue weighted by atomic mass is 9.49. The summed E-state index contributed by atoms with van der Waals surface area (Å²) in [6, 6.07) is 9.86. The van der Waals surface area contributed by atoms with Gasteiger partial charge >= 0.3 is 5.97 Å². The first-order valence-electron chi connectivity index (χ1n) is 10.1. The van der Waals surface area contributed by atoms with Gasteiger partial charge in [-0.1, -0.05) is 30.3 Å². The van der Waals surface area contributed by atoms with Crippen molar-refractivity contribution in [3.05, 3.63) is 35.9 Å². The summed E-state index contributed by atoms with van der Waals surface area (Å²) in [5.74, 6) is 1.09. The van der Waals surface area contributed by atoms with Gasteiger partial charge in [-0.25, -0.2) is 0 Å². The average molecular weight is 353 g/mol. The van der Waals surface area contributed by atoms with Crippen LogP contribution in [0.1, 0.15) is 50.0 Å². The third kappa shape index (κ3) is 2.49. The van der Waals surface area contributed by atoms with Crippen molar-refractivity contribution in [2.24, 2.45) is 29.1 Å². The number of likely N-dealkylation sites (tertiary alicyclic amines) is 1. The van der Waals surface area contributed by atoms with Crippen LogP contribution in [0.3, 0.4) is 0 Å². The zero-order valence-electron chi connectivity index (χ0n) is 15.1. The molecule has 1 aromatic rings. The fourth-order valence-electron chi connectivity index (χ4n) is 6.97. The van der Waals surface area contributed by atoms with Gasteiger partial charge in [0.1, 0.15) is 0 Å². The van der Waals surface area contributed by atoms with E-state index in [1.807, 2.05) is 35.2 Å². The predicted molar refractivity (Wildman–Crippen MR) is 97.5 cm³/mol.